The molecule has 0 spiro atoms. The van der Waals surface area contributed by atoms with Gasteiger partial charge in [-0.1, -0.05) is 18.2 Å². The second-order valence-electron chi connectivity index (χ2n) is 5.97. The number of β-amino-alcohol motifs (C(OH)–C–C–N with tert-alkyl or cyclic N) is 1. The maximum absolute atomic E-state index is 10.4. The highest BCUT2D eigenvalue weighted by molar-refractivity contribution is 5.75. The summed E-state index contributed by atoms with van der Waals surface area (Å²) in [7, 11) is 0. The van der Waals surface area contributed by atoms with Gasteiger partial charge in [-0.05, 0) is 30.7 Å². The van der Waals surface area contributed by atoms with Crippen LogP contribution >= 0.6 is 0 Å². The van der Waals surface area contributed by atoms with Gasteiger partial charge in [0.2, 0.25) is 0 Å². The molecule has 1 fully saturated rings. The van der Waals surface area contributed by atoms with Crippen molar-refractivity contribution in [3.05, 3.63) is 60.6 Å². The van der Waals surface area contributed by atoms with Crippen molar-refractivity contribution in [3.63, 3.8) is 0 Å². The van der Waals surface area contributed by atoms with Crippen LogP contribution in [0.4, 0.5) is 5.82 Å². The minimum Gasteiger partial charge on any atom is -0.391 e. The minimum absolute atomic E-state index is 0.165. The third kappa shape index (κ3) is 2.87. The Morgan fingerprint density at radius 2 is 1.83 bits per heavy atom. The largest absolute Gasteiger partial charge is 0.391 e. The number of para-hydroxylation sites is 2. The van der Waals surface area contributed by atoms with Gasteiger partial charge in [0.1, 0.15) is 5.82 Å². The fraction of sp³-hybridized carbons (Fsp3) is 0.278. The maximum atomic E-state index is 10.4. The molecule has 1 N–H and O–H groups in total. The van der Waals surface area contributed by atoms with Crippen LogP contribution in [0.25, 0.3) is 11.0 Å². The van der Waals surface area contributed by atoms with Crippen molar-refractivity contribution in [2.75, 3.05) is 18.0 Å². The van der Waals surface area contributed by atoms with Gasteiger partial charge < -0.3 is 10.0 Å². The maximum Gasteiger partial charge on any atom is 0.147 e. The Labute approximate surface area is 134 Å². The third-order valence-corrected chi connectivity index (χ3v) is 4.36. The van der Waals surface area contributed by atoms with Gasteiger partial charge in [-0.3, -0.25) is 9.97 Å². The highest BCUT2D eigenvalue weighted by Crippen LogP contribution is 2.25. The number of rotatable bonds is 3. The Balaban J connectivity index is 1.53. The second-order valence-corrected chi connectivity index (χ2v) is 5.97. The molecule has 0 aliphatic carbocycles. The summed E-state index contributed by atoms with van der Waals surface area (Å²) in [5.74, 6) is 0.990. The lowest BCUT2D eigenvalue weighted by molar-refractivity contribution is 0.148. The molecular weight excluding hydrogens is 288 g/mol. The van der Waals surface area contributed by atoms with Crippen LogP contribution in [0.15, 0.2) is 54.9 Å². The molecule has 116 valence electrons. The zero-order chi connectivity index (χ0) is 15.6. The van der Waals surface area contributed by atoms with E-state index in [1.165, 1.54) is 0 Å². The molecule has 0 radical (unpaired) electrons. The molecule has 0 unspecified atom stereocenters. The molecule has 1 aromatic carbocycles. The van der Waals surface area contributed by atoms with E-state index in [0.717, 1.165) is 35.5 Å². The van der Waals surface area contributed by atoms with Gasteiger partial charge >= 0.3 is 0 Å². The summed E-state index contributed by atoms with van der Waals surface area (Å²) in [5, 5.41) is 10.4. The number of benzene rings is 1. The fourth-order valence-electron chi connectivity index (χ4n) is 3.13. The molecule has 3 aromatic rings. The molecule has 4 rings (SSSR count). The van der Waals surface area contributed by atoms with Crippen molar-refractivity contribution in [2.45, 2.75) is 12.5 Å². The van der Waals surface area contributed by atoms with E-state index in [-0.39, 0.29) is 12.0 Å². The SMILES string of the molecule is O[C@@H]1CN(c2cnc3ccccc3n2)C[C@H]1Cc1ccccn1. The van der Waals surface area contributed by atoms with Crippen LogP contribution in [0.1, 0.15) is 5.69 Å². The quantitative estimate of drug-likeness (QED) is 0.802. The first-order chi connectivity index (χ1) is 11.3. The Morgan fingerprint density at radius 1 is 1.00 bits per heavy atom. The molecule has 1 saturated heterocycles. The van der Waals surface area contributed by atoms with Crippen LogP contribution in [0.5, 0.6) is 0 Å². The summed E-state index contributed by atoms with van der Waals surface area (Å²) >= 11 is 0. The van der Waals surface area contributed by atoms with Crippen LogP contribution in [0, 0.1) is 5.92 Å². The number of aliphatic hydroxyl groups is 1. The monoisotopic (exact) mass is 306 g/mol. The average molecular weight is 306 g/mol. The van der Waals surface area contributed by atoms with E-state index in [9.17, 15) is 5.11 Å². The number of aromatic nitrogens is 3. The molecule has 0 amide bonds. The number of hydrogen-bond donors (Lipinski definition) is 1. The minimum atomic E-state index is -0.370. The summed E-state index contributed by atoms with van der Waals surface area (Å²) in [6, 6.07) is 13.7. The van der Waals surface area contributed by atoms with E-state index in [4.69, 9.17) is 0 Å². The summed E-state index contributed by atoms with van der Waals surface area (Å²) < 4.78 is 0. The predicted octanol–water partition coefficient (Wildman–Crippen LogP) is 2.06. The molecule has 2 atom stereocenters. The van der Waals surface area contributed by atoms with E-state index < -0.39 is 0 Å². The zero-order valence-electron chi connectivity index (χ0n) is 12.7. The molecule has 1 aliphatic rings. The van der Waals surface area contributed by atoms with Gasteiger partial charge in [-0.15, -0.1) is 0 Å². The van der Waals surface area contributed by atoms with Crippen LogP contribution in [-0.4, -0.2) is 39.3 Å². The van der Waals surface area contributed by atoms with E-state index in [1.807, 2.05) is 42.5 Å². The van der Waals surface area contributed by atoms with E-state index in [2.05, 4.69) is 19.9 Å². The van der Waals surface area contributed by atoms with Gasteiger partial charge in [-0.25, -0.2) is 4.98 Å². The molecule has 23 heavy (non-hydrogen) atoms. The first-order valence-corrected chi connectivity index (χ1v) is 7.84. The van der Waals surface area contributed by atoms with Crippen molar-refractivity contribution in [1.82, 2.24) is 15.0 Å². The smallest absolute Gasteiger partial charge is 0.147 e. The average Bonchev–Trinajstić information content (AvgIpc) is 2.96. The molecule has 3 heterocycles. The zero-order valence-corrected chi connectivity index (χ0v) is 12.7. The first-order valence-electron chi connectivity index (χ1n) is 7.84. The number of nitrogens with zero attached hydrogens (tertiary/aromatic N) is 4. The van der Waals surface area contributed by atoms with Gasteiger partial charge in [0.25, 0.3) is 0 Å². The summed E-state index contributed by atoms with van der Waals surface area (Å²) in [5.41, 5.74) is 2.79. The fourth-order valence-corrected chi connectivity index (χ4v) is 3.13. The molecule has 0 saturated carbocycles. The topological polar surface area (TPSA) is 62.1 Å². The van der Waals surface area contributed by atoms with E-state index in [1.54, 1.807) is 12.4 Å². The number of hydrogen-bond acceptors (Lipinski definition) is 5. The summed E-state index contributed by atoms with van der Waals surface area (Å²) in [6.45, 7) is 1.36. The predicted molar refractivity (Wildman–Crippen MR) is 89.2 cm³/mol. The Morgan fingerprint density at radius 3 is 2.65 bits per heavy atom. The standard InChI is InChI=1S/C18H18N4O/c23-17-12-22(11-13(17)9-14-5-3-4-8-19-14)18-10-20-15-6-1-2-7-16(15)21-18/h1-8,10,13,17,23H,9,11-12H2/t13-,17-/m1/s1. The second kappa shape index (κ2) is 5.93. The molecule has 5 heteroatoms. The van der Waals surface area contributed by atoms with Gasteiger partial charge in [-0.2, -0.15) is 0 Å². The summed E-state index contributed by atoms with van der Waals surface area (Å²) in [6.07, 6.45) is 3.99. The number of aliphatic hydroxyl groups excluding tert-OH is 1. The van der Waals surface area contributed by atoms with Crippen LogP contribution in [0.3, 0.4) is 0 Å². The lowest BCUT2D eigenvalue weighted by atomic mass is 10.00. The van der Waals surface area contributed by atoms with Gasteiger partial charge in [0, 0.05) is 30.9 Å². The number of pyridine rings is 1. The van der Waals surface area contributed by atoms with E-state index in [0.29, 0.717) is 6.54 Å². The molecule has 2 aromatic heterocycles. The summed E-state index contributed by atoms with van der Waals surface area (Å²) in [4.78, 5) is 15.6. The highest BCUT2D eigenvalue weighted by atomic mass is 16.3. The van der Waals surface area contributed by atoms with Crippen molar-refractivity contribution < 1.29 is 5.11 Å². The molecule has 1 aliphatic heterocycles. The van der Waals surface area contributed by atoms with Crippen LogP contribution < -0.4 is 4.90 Å². The van der Waals surface area contributed by atoms with Crippen molar-refractivity contribution >= 4 is 16.9 Å². The normalized spacial score (nSPS) is 21.0. The van der Waals surface area contributed by atoms with Crippen molar-refractivity contribution in [2.24, 2.45) is 5.92 Å². The van der Waals surface area contributed by atoms with Crippen molar-refractivity contribution in [1.29, 1.82) is 0 Å². The van der Waals surface area contributed by atoms with Crippen LogP contribution in [-0.2, 0) is 6.42 Å². The number of fused-ring (bicyclic) bond motifs is 1. The van der Waals surface area contributed by atoms with Gasteiger partial charge in [0.05, 0.1) is 23.3 Å². The van der Waals surface area contributed by atoms with Crippen molar-refractivity contribution in [3.8, 4) is 0 Å². The lowest BCUT2D eigenvalue weighted by Gasteiger charge is -2.17. The molecule has 0 bridgehead atoms. The van der Waals surface area contributed by atoms with Gasteiger partial charge in [0.15, 0.2) is 0 Å². The highest BCUT2D eigenvalue weighted by Gasteiger charge is 2.32. The van der Waals surface area contributed by atoms with E-state index >= 15 is 0 Å². The molecule has 5 nitrogen and oxygen atoms in total. The Hall–Kier alpha value is -2.53. The third-order valence-electron chi connectivity index (χ3n) is 4.36. The van der Waals surface area contributed by atoms with Crippen LogP contribution in [0.2, 0.25) is 0 Å². The Kier molecular flexibility index (Phi) is 3.63. The Bertz CT molecular complexity index is 808. The first kappa shape index (κ1) is 14.1. The lowest BCUT2D eigenvalue weighted by Crippen LogP contribution is -2.22. The molecular formula is C18H18N4O. The number of anilines is 1.